The number of nitrogens with one attached hydrogen (secondary N) is 1. The topological polar surface area (TPSA) is 103 Å². The highest BCUT2D eigenvalue weighted by atomic mass is 16.5. The maximum Gasteiger partial charge on any atom is 0.305 e. The van der Waals surface area contributed by atoms with E-state index in [0.717, 1.165) is 5.69 Å². The van der Waals surface area contributed by atoms with E-state index in [-0.39, 0.29) is 24.6 Å². The highest BCUT2D eigenvalue weighted by Crippen LogP contribution is 2.22. The van der Waals surface area contributed by atoms with Gasteiger partial charge in [-0.2, -0.15) is 5.10 Å². The third-order valence-electron chi connectivity index (χ3n) is 3.91. The Labute approximate surface area is 164 Å². The molecule has 1 unspecified atom stereocenters. The summed E-state index contributed by atoms with van der Waals surface area (Å²) >= 11 is 0. The Hall–Kier alpha value is -2.87. The van der Waals surface area contributed by atoms with Crippen LogP contribution in [0.25, 0.3) is 5.69 Å². The molecule has 28 heavy (non-hydrogen) atoms. The quantitative estimate of drug-likeness (QED) is 0.647. The largest absolute Gasteiger partial charge is 0.489 e. The SMILES string of the molecule is COCC(C)(CC(=O)O)NC(=O)c1nn(-c2ccccc2)cc1OCC(C)C. The van der Waals surface area contributed by atoms with Crippen LogP contribution in [-0.4, -0.2) is 52.6 Å². The van der Waals surface area contributed by atoms with Crippen molar-refractivity contribution in [3.63, 3.8) is 0 Å². The predicted octanol–water partition coefficient (Wildman–Crippen LogP) is 2.52. The Morgan fingerprint density at radius 1 is 1.29 bits per heavy atom. The Bertz CT molecular complexity index is 803. The van der Waals surface area contributed by atoms with Gasteiger partial charge in [0.2, 0.25) is 0 Å². The van der Waals surface area contributed by atoms with E-state index in [0.29, 0.717) is 12.4 Å². The average Bonchev–Trinajstić information content (AvgIpc) is 3.04. The maximum atomic E-state index is 12.9. The Morgan fingerprint density at radius 3 is 2.54 bits per heavy atom. The van der Waals surface area contributed by atoms with Crippen LogP contribution in [0.5, 0.6) is 5.75 Å². The van der Waals surface area contributed by atoms with E-state index in [2.05, 4.69) is 10.4 Å². The van der Waals surface area contributed by atoms with E-state index < -0.39 is 17.4 Å². The number of benzene rings is 1. The number of carbonyl (C=O) groups is 2. The molecule has 1 heterocycles. The fourth-order valence-electron chi connectivity index (χ4n) is 2.71. The third kappa shape index (κ3) is 5.82. The monoisotopic (exact) mass is 389 g/mol. The summed E-state index contributed by atoms with van der Waals surface area (Å²) in [5, 5.41) is 16.3. The van der Waals surface area contributed by atoms with Gasteiger partial charge in [-0.1, -0.05) is 32.0 Å². The first-order valence-corrected chi connectivity index (χ1v) is 9.05. The summed E-state index contributed by atoms with van der Waals surface area (Å²) in [7, 11) is 1.45. The Morgan fingerprint density at radius 2 is 1.96 bits per heavy atom. The molecule has 0 aliphatic heterocycles. The lowest BCUT2D eigenvalue weighted by Crippen LogP contribution is -2.51. The van der Waals surface area contributed by atoms with Gasteiger partial charge in [0.15, 0.2) is 11.4 Å². The molecule has 0 fully saturated rings. The lowest BCUT2D eigenvalue weighted by molar-refractivity contribution is -0.139. The summed E-state index contributed by atoms with van der Waals surface area (Å²) in [5.41, 5.74) is -0.206. The summed E-state index contributed by atoms with van der Waals surface area (Å²) in [4.78, 5) is 24.1. The number of aliphatic carboxylic acids is 1. The van der Waals surface area contributed by atoms with Gasteiger partial charge in [0, 0.05) is 7.11 Å². The molecule has 1 aromatic heterocycles. The first kappa shape index (κ1) is 21.4. The number of rotatable bonds is 10. The molecule has 0 aliphatic carbocycles. The molecule has 8 nitrogen and oxygen atoms in total. The molecule has 8 heteroatoms. The van der Waals surface area contributed by atoms with Crippen LogP contribution in [0.3, 0.4) is 0 Å². The van der Waals surface area contributed by atoms with Crippen LogP contribution in [0.1, 0.15) is 37.7 Å². The highest BCUT2D eigenvalue weighted by molar-refractivity contribution is 5.95. The number of carboxylic acid groups (broad SMARTS) is 1. The maximum absolute atomic E-state index is 12.9. The van der Waals surface area contributed by atoms with Gasteiger partial charge in [-0.05, 0) is 25.0 Å². The number of nitrogens with zero attached hydrogens (tertiary/aromatic N) is 2. The number of aromatic nitrogens is 2. The Kier molecular flexibility index (Phi) is 7.17. The fourth-order valence-corrected chi connectivity index (χ4v) is 2.71. The molecular weight excluding hydrogens is 362 g/mol. The molecule has 2 rings (SSSR count). The number of hydrogen-bond donors (Lipinski definition) is 2. The lowest BCUT2D eigenvalue weighted by atomic mass is 9.98. The van der Waals surface area contributed by atoms with Crippen LogP contribution >= 0.6 is 0 Å². The molecule has 0 radical (unpaired) electrons. The molecule has 152 valence electrons. The van der Waals surface area contributed by atoms with Crippen molar-refractivity contribution in [2.75, 3.05) is 20.3 Å². The van der Waals surface area contributed by atoms with Crippen molar-refractivity contribution >= 4 is 11.9 Å². The van der Waals surface area contributed by atoms with Gasteiger partial charge in [-0.15, -0.1) is 0 Å². The molecule has 1 atom stereocenters. The van der Waals surface area contributed by atoms with E-state index in [1.807, 2.05) is 44.2 Å². The molecule has 2 aromatic rings. The van der Waals surface area contributed by atoms with Crippen molar-refractivity contribution in [1.82, 2.24) is 15.1 Å². The van der Waals surface area contributed by atoms with Crippen molar-refractivity contribution in [2.45, 2.75) is 32.7 Å². The van der Waals surface area contributed by atoms with E-state index in [9.17, 15) is 9.59 Å². The van der Waals surface area contributed by atoms with Gasteiger partial charge >= 0.3 is 5.97 Å². The number of carboxylic acids is 1. The molecule has 1 amide bonds. The number of ether oxygens (including phenoxy) is 2. The molecule has 0 saturated carbocycles. The number of amides is 1. The summed E-state index contributed by atoms with van der Waals surface area (Å²) in [5.74, 6) is -0.952. The van der Waals surface area contributed by atoms with Crippen LogP contribution < -0.4 is 10.1 Å². The zero-order valence-electron chi connectivity index (χ0n) is 16.6. The van der Waals surface area contributed by atoms with Crippen molar-refractivity contribution in [3.05, 3.63) is 42.2 Å². The average molecular weight is 389 g/mol. The first-order chi connectivity index (χ1) is 13.2. The van der Waals surface area contributed by atoms with E-state index in [4.69, 9.17) is 14.6 Å². The molecule has 0 bridgehead atoms. The highest BCUT2D eigenvalue weighted by Gasteiger charge is 2.32. The van der Waals surface area contributed by atoms with Crippen LogP contribution in [0.4, 0.5) is 0 Å². The number of carbonyl (C=O) groups excluding carboxylic acids is 1. The molecule has 0 spiro atoms. The van der Waals surface area contributed by atoms with E-state index in [1.54, 1.807) is 17.8 Å². The number of hydrogen-bond acceptors (Lipinski definition) is 5. The second-order valence-corrected chi connectivity index (χ2v) is 7.35. The Balaban J connectivity index is 2.33. The number of methoxy groups -OCH3 is 1. The van der Waals surface area contributed by atoms with Gasteiger partial charge in [-0.3, -0.25) is 9.59 Å². The smallest absolute Gasteiger partial charge is 0.305 e. The summed E-state index contributed by atoms with van der Waals surface area (Å²) in [6.07, 6.45) is 1.37. The van der Waals surface area contributed by atoms with Gasteiger partial charge in [0.25, 0.3) is 5.91 Å². The van der Waals surface area contributed by atoms with E-state index >= 15 is 0 Å². The second kappa shape index (κ2) is 9.36. The minimum atomic E-state index is -1.08. The number of para-hydroxylation sites is 1. The summed E-state index contributed by atoms with van der Waals surface area (Å²) in [6, 6.07) is 9.35. The first-order valence-electron chi connectivity index (χ1n) is 9.05. The summed E-state index contributed by atoms with van der Waals surface area (Å²) < 4.78 is 12.4. The van der Waals surface area contributed by atoms with Crippen LogP contribution in [0, 0.1) is 5.92 Å². The molecule has 0 aliphatic rings. The minimum Gasteiger partial charge on any atom is -0.489 e. The van der Waals surface area contributed by atoms with Gasteiger partial charge < -0.3 is 19.9 Å². The third-order valence-corrected chi connectivity index (χ3v) is 3.91. The minimum absolute atomic E-state index is 0.0482. The van der Waals surface area contributed by atoms with Crippen molar-refractivity contribution < 1.29 is 24.2 Å². The van der Waals surface area contributed by atoms with Crippen LogP contribution in [0.15, 0.2) is 36.5 Å². The molecular formula is C20H27N3O5. The predicted molar refractivity (Wildman–Crippen MR) is 104 cm³/mol. The van der Waals surface area contributed by atoms with Gasteiger partial charge in [0.1, 0.15) is 0 Å². The van der Waals surface area contributed by atoms with Crippen molar-refractivity contribution in [3.8, 4) is 11.4 Å². The van der Waals surface area contributed by atoms with Crippen molar-refractivity contribution in [2.24, 2.45) is 5.92 Å². The fraction of sp³-hybridized carbons (Fsp3) is 0.450. The zero-order valence-corrected chi connectivity index (χ0v) is 16.6. The van der Waals surface area contributed by atoms with Gasteiger partial charge in [0.05, 0.1) is 37.1 Å². The summed E-state index contributed by atoms with van der Waals surface area (Å²) in [6.45, 7) is 6.09. The van der Waals surface area contributed by atoms with E-state index in [1.165, 1.54) is 7.11 Å². The second-order valence-electron chi connectivity index (χ2n) is 7.35. The zero-order chi connectivity index (χ0) is 20.7. The molecule has 2 N–H and O–H groups in total. The normalized spacial score (nSPS) is 13.2. The molecule has 0 saturated heterocycles. The van der Waals surface area contributed by atoms with Crippen LogP contribution in [-0.2, 0) is 9.53 Å². The lowest BCUT2D eigenvalue weighted by Gasteiger charge is -2.28. The van der Waals surface area contributed by atoms with Crippen molar-refractivity contribution in [1.29, 1.82) is 0 Å². The molecule has 1 aromatic carbocycles. The van der Waals surface area contributed by atoms with Gasteiger partial charge in [-0.25, -0.2) is 4.68 Å². The standard InChI is InChI=1S/C20H27N3O5/c1-14(2)12-28-16-11-23(15-8-6-5-7-9-15)22-18(16)19(26)21-20(3,13-27-4)10-17(24)25/h5-9,11,14H,10,12-13H2,1-4H3,(H,21,26)(H,24,25). The van der Waals surface area contributed by atoms with Crippen LogP contribution in [0.2, 0.25) is 0 Å².